The maximum absolute atomic E-state index is 12.9. The first-order chi connectivity index (χ1) is 15.4. The van der Waals surface area contributed by atoms with Gasteiger partial charge in [-0.3, -0.25) is 9.36 Å². The van der Waals surface area contributed by atoms with Gasteiger partial charge in [0.15, 0.2) is 11.6 Å². The molecule has 0 saturated heterocycles. The number of nitrogens with zero attached hydrogens (tertiary/aromatic N) is 4. The third-order valence-corrected chi connectivity index (χ3v) is 5.73. The molecular formula is C22H22N4O5S. The van der Waals surface area contributed by atoms with Crippen molar-refractivity contribution in [1.82, 2.24) is 19.9 Å². The predicted octanol–water partition coefficient (Wildman–Crippen LogP) is 4.43. The number of carbonyl (C=O) groups is 1. The van der Waals surface area contributed by atoms with E-state index in [1.165, 1.54) is 11.8 Å². The Morgan fingerprint density at radius 1 is 1.03 bits per heavy atom. The van der Waals surface area contributed by atoms with Crippen molar-refractivity contribution in [1.29, 1.82) is 0 Å². The van der Waals surface area contributed by atoms with Gasteiger partial charge in [-0.2, -0.15) is 0 Å². The molecule has 3 heterocycles. The fourth-order valence-corrected chi connectivity index (χ4v) is 4.02. The molecule has 0 saturated carbocycles. The largest absolute Gasteiger partial charge is 0.497 e. The van der Waals surface area contributed by atoms with Crippen LogP contribution >= 0.6 is 11.8 Å². The Morgan fingerprint density at radius 3 is 2.38 bits per heavy atom. The van der Waals surface area contributed by atoms with E-state index in [1.54, 1.807) is 32.4 Å². The van der Waals surface area contributed by atoms with Gasteiger partial charge in [-0.05, 0) is 39.0 Å². The van der Waals surface area contributed by atoms with Gasteiger partial charge in [0.25, 0.3) is 5.22 Å². The highest BCUT2D eigenvalue weighted by Crippen LogP contribution is 2.31. The maximum atomic E-state index is 12.9. The van der Waals surface area contributed by atoms with Crippen molar-refractivity contribution in [3.63, 3.8) is 0 Å². The van der Waals surface area contributed by atoms with Crippen LogP contribution in [0.1, 0.15) is 27.5 Å². The number of Topliss-reactive ketones (excluding diaryl/α,β-unsaturated/α-hetero) is 1. The Morgan fingerprint density at radius 2 is 1.75 bits per heavy atom. The number of aryl methyl sites for hydroxylation is 2. The fraction of sp³-hybridized carbons (Fsp3) is 0.273. The van der Waals surface area contributed by atoms with E-state index in [0.29, 0.717) is 45.3 Å². The number of ketones is 1. The molecule has 0 atom stereocenters. The zero-order valence-electron chi connectivity index (χ0n) is 18.3. The van der Waals surface area contributed by atoms with E-state index in [2.05, 4.69) is 15.4 Å². The first-order valence-corrected chi connectivity index (χ1v) is 10.7. The summed E-state index contributed by atoms with van der Waals surface area (Å²) in [5.74, 6) is 3.01. The van der Waals surface area contributed by atoms with Crippen LogP contribution in [-0.2, 0) is 0 Å². The third-order valence-electron chi connectivity index (χ3n) is 4.91. The minimum atomic E-state index is -0.0441. The van der Waals surface area contributed by atoms with E-state index in [9.17, 15) is 4.79 Å². The fourth-order valence-electron chi connectivity index (χ4n) is 3.38. The second-order valence-electron chi connectivity index (χ2n) is 7.10. The predicted molar refractivity (Wildman–Crippen MR) is 118 cm³/mol. The summed E-state index contributed by atoms with van der Waals surface area (Å²) in [4.78, 5) is 12.9. The van der Waals surface area contributed by atoms with Crippen LogP contribution in [0.5, 0.6) is 11.5 Å². The van der Waals surface area contributed by atoms with Crippen molar-refractivity contribution in [2.45, 2.75) is 26.0 Å². The molecule has 32 heavy (non-hydrogen) atoms. The highest BCUT2D eigenvalue weighted by molar-refractivity contribution is 7.99. The molecule has 10 heteroatoms. The number of hydrogen-bond donors (Lipinski definition) is 0. The second kappa shape index (κ2) is 8.91. The minimum absolute atomic E-state index is 0.0441. The molecule has 0 radical (unpaired) electrons. The van der Waals surface area contributed by atoms with Crippen molar-refractivity contribution in [3.05, 3.63) is 53.0 Å². The molecule has 0 fully saturated rings. The smallest absolute Gasteiger partial charge is 0.277 e. The van der Waals surface area contributed by atoms with Crippen LogP contribution in [0, 0.1) is 20.8 Å². The normalized spacial score (nSPS) is 11.0. The molecule has 0 bridgehead atoms. The van der Waals surface area contributed by atoms with Crippen LogP contribution in [0.25, 0.3) is 17.3 Å². The molecule has 3 aromatic heterocycles. The molecule has 166 valence electrons. The van der Waals surface area contributed by atoms with Crippen LogP contribution in [0.4, 0.5) is 0 Å². The van der Waals surface area contributed by atoms with Crippen LogP contribution in [0.3, 0.4) is 0 Å². The highest BCUT2D eigenvalue weighted by Gasteiger charge is 2.20. The summed E-state index contributed by atoms with van der Waals surface area (Å²) in [5.41, 5.74) is 2.98. The number of hydrogen-bond acceptors (Lipinski definition) is 9. The number of methoxy groups -OCH3 is 2. The first kappa shape index (κ1) is 21.7. The Hall–Kier alpha value is -3.53. The van der Waals surface area contributed by atoms with E-state index in [4.69, 9.17) is 18.4 Å². The molecular weight excluding hydrogens is 432 g/mol. The number of thioether (sulfide) groups is 1. The number of ether oxygens (including phenoxy) is 2. The first-order valence-electron chi connectivity index (χ1n) is 9.75. The summed E-state index contributed by atoms with van der Waals surface area (Å²) in [6, 6.07) is 8.98. The van der Waals surface area contributed by atoms with E-state index < -0.39 is 0 Å². The van der Waals surface area contributed by atoms with Crippen LogP contribution in [-0.4, -0.2) is 45.7 Å². The molecule has 0 aliphatic heterocycles. The standard InChI is InChI=1S/C22H22N4O5S/c1-12-6-18(14(3)26(12)20-7-13(2)31-25-20)19(27)11-32-22-24-23-21(30-22)15-8-16(28-4)10-17(9-15)29-5/h6-10H,11H2,1-5H3. The molecule has 0 amide bonds. The lowest BCUT2D eigenvalue weighted by atomic mass is 10.2. The number of benzene rings is 1. The summed E-state index contributed by atoms with van der Waals surface area (Å²) in [5, 5.41) is 12.5. The summed E-state index contributed by atoms with van der Waals surface area (Å²) < 4.78 is 23.4. The summed E-state index contributed by atoms with van der Waals surface area (Å²) >= 11 is 1.19. The molecule has 1 aromatic carbocycles. The zero-order chi connectivity index (χ0) is 22.8. The number of rotatable bonds is 8. The van der Waals surface area contributed by atoms with Gasteiger partial charge < -0.3 is 18.4 Å². The average molecular weight is 455 g/mol. The lowest BCUT2D eigenvalue weighted by Crippen LogP contribution is -2.05. The number of carbonyl (C=O) groups excluding carboxylic acids is 1. The van der Waals surface area contributed by atoms with E-state index in [-0.39, 0.29) is 11.5 Å². The Labute approximate surface area is 188 Å². The van der Waals surface area contributed by atoms with Gasteiger partial charge in [0.05, 0.1) is 20.0 Å². The molecule has 0 N–H and O–H groups in total. The Kier molecular flexibility index (Phi) is 6.04. The SMILES string of the molecule is COc1cc(OC)cc(-c2nnc(SCC(=O)c3cc(C)n(-c4cc(C)on4)c3C)o2)c1. The van der Waals surface area contributed by atoms with Gasteiger partial charge in [-0.25, -0.2) is 0 Å². The third kappa shape index (κ3) is 4.26. The van der Waals surface area contributed by atoms with Gasteiger partial charge in [0, 0.05) is 34.6 Å². The van der Waals surface area contributed by atoms with Crippen molar-refractivity contribution in [3.8, 4) is 28.8 Å². The lowest BCUT2D eigenvalue weighted by Gasteiger charge is -2.05. The number of aromatic nitrogens is 4. The van der Waals surface area contributed by atoms with Crippen LogP contribution < -0.4 is 9.47 Å². The minimum Gasteiger partial charge on any atom is -0.497 e. The van der Waals surface area contributed by atoms with E-state index >= 15 is 0 Å². The van der Waals surface area contributed by atoms with Gasteiger partial charge in [0.1, 0.15) is 17.3 Å². The molecule has 0 aliphatic rings. The molecule has 4 rings (SSSR count). The Bertz CT molecular complexity index is 1250. The van der Waals surface area contributed by atoms with Gasteiger partial charge in [0.2, 0.25) is 5.89 Å². The molecule has 0 spiro atoms. The maximum Gasteiger partial charge on any atom is 0.277 e. The molecule has 0 unspecified atom stereocenters. The van der Waals surface area contributed by atoms with Crippen molar-refractivity contribution >= 4 is 17.5 Å². The van der Waals surface area contributed by atoms with E-state index in [1.807, 2.05) is 37.5 Å². The second-order valence-corrected chi connectivity index (χ2v) is 8.03. The average Bonchev–Trinajstić information content (AvgIpc) is 3.50. The van der Waals surface area contributed by atoms with Gasteiger partial charge in [-0.15, -0.1) is 10.2 Å². The zero-order valence-corrected chi connectivity index (χ0v) is 19.1. The summed E-state index contributed by atoms with van der Waals surface area (Å²) in [7, 11) is 3.14. The summed E-state index contributed by atoms with van der Waals surface area (Å²) in [6.07, 6.45) is 0. The van der Waals surface area contributed by atoms with Crippen molar-refractivity contribution < 1.29 is 23.2 Å². The van der Waals surface area contributed by atoms with Gasteiger partial charge in [-0.1, -0.05) is 16.9 Å². The van der Waals surface area contributed by atoms with Crippen molar-refractivity contribution in [2.75, 3.05) is 20.0 Å². The van der Waals surface area contributed by atoms with E-state index in [0.717, 1.165) is 11.4 Å². The van der Waals surface area contributed by atoms with Crippen LogP contribution in [0.2, 0.25) is 0 Å². The monoisotopic (exact) mass is 454 g/mol. The molecule has 0 aliphatic carbocycles. The quantitative estimate of drug-likeness (QED) is 0.282. The highest BCUT2D eigenvalue weighted by atomic mass is 32.2. The summed E-state index contributed by atoms with van der Waals surface area (Å²) in [6.45, 7) is 5.64. The van der Waals surface area contributed by atoms with Gasteiger partial charge >= 0.3 is 0 Å². The van der Waals surface area contributed by atoms with Crippen molar-refractivity contribution in [2.24, 2.45) is 0 Å². The topological polar surface area (TPSA) is 105 Å². The van der Waals surface area contributed by atoms with Crippen LogP contribution in [0.15, 0.2) is 44.5 Å². The Balaban J connectivity index is 1.49. The lowest BCUT2D eigenvalue weighted by molar-refractivity contribution is 0.102. The molecule has 9 nitrogen and oxygen atoms in total. The molecule has 4 aromatic rings.